The van der Waals surface area contributed by atoms with Crippen molar-refractivity contribution in [2.24, 2.45) is 5.41 Å². The van der Waals surface area contributed by atoms with Gasteiger partial charge in [-0.25, -0.2) is 0 Å². The summed E-state index contributed by atoms with van der Waals surface area (Å²) in [5.41, 5.74) is 0.303. The zero-order chi connectivity index (χ0) is 13.3. The molecular formula is C14H21N3O2. The Balaban J connectivity index is 1.60. The van der Waals surface area contributed by atoms with E-state index in [1.807, 2.05) is 19.2 Å². The lowest BCUT2D eigenvalue weighted by atomic mass is 9.60. The molecule has 2 heterocycles. The molecule has 1 aromatic heterocycles. The molecule has 1 aliphatic carbocycles. The fraction of sp³-hybridized carbons (Fsp3) is 0.714. The summed E-state index contributed by atoms with van der Waals surface area (Å²) in [7, 11) is 0. The molecule has 1 aromatic rings. The second kappa shape index (κ2) is 4.96. The highest BCUT2D eigenvalue weighted by Crippen LogP contribution is 2.48. The van der Waals surface area contributed by atoms with Crippen molar-refractivity contribution in [2.45, 2.75) is 44.7 Å². The van der Waals surface area contributed by atoms with E-state index < -0.39 is 0 Å². The van der Waals surface area contributed by atoms with Crippen molar-refractivity contribution in [3.05, 3.63) is 18.5 Å². The minimum atomic E-state index is -0.243. The predicted octanol–water partition coefficient (Wildman–Crippen LogP) is 1.52. The van der Waals surface area contributed by atoms with Crippen LogP contribution in [0.4, 0.5) is 0 Å². The largest absolute Gasteiger partial charge is 0.381 e. The standard InChI is InChI=1S/C14H21N3O2/c1-11(17-8-2-7-15-17)13(18)16-12-3-4-14(12)5-9-19-10-6-14/h2,7-8,11-12H,3-6,9-10H2,1H3,(H,16,18). The fourth-order valence-corrected chi connectivity index (χ4v) is 3.22. The number of nitrogens with zero attached hydrogens (tertiary/aromatic N) is 2. The molecule has 104 valence electrons. The van der Waals surface area contributed by atoms with Crippen molar-refractivity contribution in [2.75, 3.05) is 13.2 Å². The zero-order valence-corrected chi connectivity index (χ0v) is 11.3. The highest BCUT2D eigenvalue weighted by Gasteiger charge is 2.48. The SMILES string of the molecule is CC(C(=O)NC1CCC12CCOCC2)n1cccn1. The lowest BCUT2D eigenvalue weighted by Crippen LogP contribution is -2.58. The van der Waals surface area contributed by atoms with E-state index in [9.17, 15) is 4.79 Å². The molecule has 19 heavy (non-hydrogen) atoms. The van der Waals surface area contributed by atoms with Gasteiger partial charge in [-0.2, -0.15) is 5.10 Å². The van der Waals surface area contributed by atoms with E-state index in [2.05, 4.69) is 10.4 Å². The van der Waals surface area contributed by atoms with E-state index in [1.54, 1.807) is 10.9 Å². The number of carbonyl (C=O) groups excluding carboxylic acids is 1. The van der Waals surface area contributed by atoms with Crippen LogP contribution in [0.15, 0.2) is 18.5 Å². The number of rotatable bonds is 3. The Bertz CT molecular complexity index is 438. The van der Waals surface area contributed by atoms with Gasteiger partial charge in [-0.05, 0) is 44.1 Å². The van der Waals surface area contributed by atoms with E-state index in [0.29, 0.717) is 11.5 Å². The van der Waals surface area contributed by atoms with Gasteiger partial charge in [0.25, 0.3) is 0 Å². The number of nitrogens with one attached hydrogen (secondary N) is 1. The molecule has 2 unspecified atom stereocenters. The monoisotopic (exact) mass is 263 g/mol. The highest BCUT2D eigenvalue weighted by molar-refractivity contribution is 5.80. The molecule has 1 saturated heterocycles. The molecule has 0 bridgehead atoms. The molecule has 2 fully saturated rings. The quantitative estimate of drug-likeness (QED) is 0.899. The minimum Gasteiger partial charge on any atom is -0.381 e. The van der Waals surface area contributed by atoms with Crippen LogP contribution in [0.25, 0.3) is 0 Å². The molecule has 5 heteroatoms. The van der Waals surface area contributed by atoms with Crippen LogP contribution in [0.3, 0.4) is 0 Å². The van der Waals surface area contributed by atoms with Crippen LogP contribution in [0.1, 0.15) is 38.6 Å². The summed E-state index contributed by atoms with van der Waals surface area (Å²) in [6.45, 7) is 3.56. The fourth-order valence-electron chi connectivity index (χ4n) is 3.22. The smallest absolute Gasteiger partial charge is 0.244 e. The van der Waals surface area contributed by atoms with Gasteiger partial charge in [0.15, 0.2) is 0 Å². The molecular weight excluding hydrogens is 242 g/mol. The van der Waals surface area contributed by atoms with Gasteiger partial charge in [0.05, 0.1) is 0 Å². The normalized spacial score (nSPS) is 26.7. The Morgan fingerprint density at radius 3 is 2.84 bits per heavy atom. The maximum absolute atomic E-state index is 12.3. The topological polar surface area (TPSA) is 56.1 Å². The molecule has 1 N–H and O–H groups in total. The Labute approximate surface area is 113 Å². The summed E-state index contributed by atoms with van der Waals surface area (Å²) in [6, 6.07) is 1.92. The number of carbonyl (C=O) groups is 1. The van der Waals surface area contributed by atoms with Crippen molar-refractivity contribution >= 4 is 5.91 Å². The van der Waals surface area contributed by atoms with E-state index in [0.717, 1.165) is 32.5 Å². The number of amides is 1. The van der Waals surface area contributed by atoms with Crippen molar-refractivity contribution in [3.63, 3.8) is 0 Å². The van der Waals surface area contributed by atoms with Crippen LogP contribution in [-0.2, 0) is 9.53 Å². The number of hydrogen-bond donors (Lipinski definition) is 1. The number of ether oxygens (including phenoxy) is 1. The van der Waals surface area contributed by atoms with Gasteiger partial charge in [-0.1, -0.05) is 0 Å². The lowest BCUT2D eigenvalue weighted by molar-refractivity contribution is -0.130. The highest BCUT2D eigenvalue weighted by atomic mass is 16.5. The van der Waals surface area contributed by atoms with E-state index in [4.69, 9.17) is 4.74 Å². The van der Waals surface area contributed by atoms with Gasteiger partial charge in [0.1, 0.15) is 6.04 Å². The second-order valence-corrected chi connectivity index (χ2v) is 5.74. The van der Waals surface area contributed by atoms with Gasteiger partial charge in [0, 0.05) is 31.6 Å². The average molecular weight is 263 g/mol. The predicted molar refractivity (Wildman–Crippen MR) is 70.6 cm³/mol. The molecule has 1 amide bonds. The van der Waals surface area contributed by atoms with E-state index in [1.165, 1.54) is 6.42 Å². The Kier molecular flexibility index (Phi) is 3.31. The maximum atomic E-state index is 12.3. The Morgan fingerprint density at radius 2 is 2.26 bits per heavy atom. The van der Waals surface area contributed by atoms with Gasteiger partial charge in [-0.3, -0.25) is 9.48 Å². The summed E-state index contributed by atoms with van der Waals surface area (Å²) in [6.07, 6.45) is 8.00. The summed E-state index contributed by atoms with van der Waals surface area (Å²) in [4.78, 5) is 12.3. The van der Waals surface area contributed by atoms with Crippen molar-refractivity contribution in [1.29, 1.82) is 0 Å². The molecule has 1 saturated carbocycles. The number of aromatic nitrogens is 2. The summed E-state index contributed by atoms with van der Waals surface area (Å²) in [5.74, 6) is 0.0688. The van der Waals surface area contributed by atoms with Gasteiger partial charge < -0.3 is 10.1 Å². The van der Waals surface area contributed by atoms with Crippen molar-refractivity contribution in [3.8, 4) is 0 Å². The first-order valence-electron chi connectivity index (χ1n) is 7.09. The average Bonchev–Trinajstić information content (AvgIpc) is 2.97. The van der Waals surface area contributed by atoms with Crippen LogP contribution >= 0.6 is 0 Å². The molecule has 5 nitrogen and oxygen atoms in total. The minimum absolute atomic E-state index is 0.0688. The molecule has 1 aliphatic heterocycles. The second-order valence-electron chi connectivity index (χ2n) is 5.74. The van der Waals surface area contributed by atoms with E-state index >= 15 is 0 Å². The third-order valence-corrected chi connectivity index (χ3v) is 4.78. The molecule has 0 radical (unpaired) electrons. The molecule has 3 rings (SSSR count). The summed E-state index contributed by atoms with van der Waals surface area (Å²) >= 11 is 0. The maximum Gasteiger partial charge on any atom is 0.244 e. The molecule has 1 spiro atoms. The first-order chi connectivity index (χ1) is 9.21. The van der Waals surface area contributed by atoms with Crippen LogP contribution in [0, 0.1) is 5.41 Å². The van der Waals surface area contributed by atoms with Crippen LogP contribution in [-0.4, -0.2) is 34.9 Å². The lowest BCUT2D eigenvalue weighted by Gasteiger charge is -2.52. The molecule has 2 aliphatic rings. The number of hydrogen-bond acceptors (Lipinski definition) is 3. The third kappa shape index (κ3) is 2.27. The van der Waals surface area contributed by atoms with Crippen LogP contribution in [0.5, 0.6) is 0 Å². The van der Waals surface area contributed by atoms with Crippen molar-refractivity contribution < 1.29 is 9.53 Å². The van der Waals surface area contributed by atoms with Gasteiger partial charge in [-0.15, -0.1) is 0 Å². The third-order valence-electron chi connectivity index (χ3n) is 4.78. The van der Waals surface area contributed by atoms with Crippen molar-refractivity contribution in [1.82, 2.24) is 15.1 Å². The molecule has 2 atom stereocenters. The first-order valence-corrected chi connectivity index (χ1v) is 7.09. The van der Waals surface area contributed by atoms with Crippen LogP contribution in [0.2, 0.25) is 0 Å². The summed E-state index contributed by atoms with van der Waals surface area (Å²) < 4.78 is 7.13. The molecule has 0 aromatic carbocycles. The Hall–Kier alpha value is -1.36. The zero-order valence-electron chi connectivity index (χ0n) is 11.3. The van der Waals surface area contributed by atoms with E-state index in [-0.39, 0.29) is 11.9 Å². The Morgan fingerprint density at radius 1 is 1.47 bits per heavy atom. The van der Waals surface area contributed by atoms with Crippen LogP contribution < -0.4 is 5.32 Å². The van der Waals surface area contributed by atoms with Gasteiger partial charge in [0.2, 0.25) is 5.91 Å². The first kappa shape index (κ1) is 12.7. The van der Waals surface area contributed by atoms with Gasteiger partial charge >= 0.3 is 0 Å². The summed E-state index contributed by atoms with van der Waals surface area (Å²) in [5, 5.41) is 7.34.